The Morgan fingerprint density at radius 1 is 1.03 bits per heavy atom. The molecule has 10 heteroatoms. The highest BCUT2D eigenvalue weighted by Gasteiger charge is 2.27. The summed E-state index contributed by atoms with van der Waals surface area (Å²) in [5.41, 5.74) is 2.64. The van der Waals surface area contributed by atoms with Crippen molar-refractivity contribution in [3.63, 3.8) is 0 Å². The Hall–Kier alpha value is -4.60. The van der Waals surface area contributed by atoms with E-state index < -0.39 is 5.56 Å². The van der Waals surface area contributed by atoms with Crippen molar-refractivity contribution >= 4 is 5.91 Å². The van der Waals surface area contributed by atoms with Gasteiger partial charge in [0.15, 0.2) is 0 Å². The fraction of sp³-hybridized carbons (Fsp3) is 0.310. The van der Waals surface area contributed by atoms with E-state index in [1.165, 1.54) is 14.2 Å². The number of aromatic amines is 1. The molecule has 204 valence electrons. The number of nitrogens with zero attached hydrogens (tertiary/aromatic N) is 2. The number of hydrogen-bond acceptors (Lipinski definition) is 8. The lowest BCUT2D eigenvalue weighted by Crippen LogP contribution is -2.25. The fourth-order valence-electron chi connectivity index (χ4n) is 4.37. The average molecular weight is 533 g/mol. The second-order valence-electron chi connectivity index (χ2n) is 9.05. The molecular weight excluding hydrogens is 500 g/mol. The fourth-order valence-corrected chi connectivity index (χ4v) is 4.37. The molecule has 3 N–H and O–H groups in total. The van der Waals surface area contributed by atoms with Gasteiger partial charge in [-0.2, -0.15) is 0 Å². The van der Waals surface area contributed by atoms with E-state index in [1.807, 2.05) is 38.1 Å². The van der Waals surface area contributed by atoms with E-state index in [0.717, 1.165) is 24.0 Å². The molecular formula is C29H32N4O6. The van der Waals surface area contributed by atoms with E-state index in [2.05, 4.69) is 20.5 Å². The number of rotatable bonds is 11. The minimum absolute atomic E-state index is 0.0116. The van der Waals surface area contributed by atoms with Crippen molar-refractivity contribution in [2.75, 3.05) is 14.2 Å². The maximum absolute atomic E-state index is 13.2. The van der Waals surface area contributed by atoms with Crippen molar-refractivity contribution in [3.05, 3.63) is 75.5 Å². The van der Waals surface area contributed by atoms with Gasteiger partial charge in [-0.05, 0) is 43.0 Å². The van der Waals surface area contributed by atoms with E-state index in [4.69, 9.17) is 13.9 Å². The summed E-state index contributed by atoms with van der Waals surface area (Å²) in [5, 5.41) is 22.2. The van der Waals surface area contributed by atoms with Crippen LogP contribution in [0.1, 0.15) is 42.5 Å². The van der Waals surface area contributed by atoms with E-state index >= 15 is 0 Å². The van der Waals surface area contributed by atoms with Crippen molar-refractivity contribution in [2.45, 2.75) is 46.1 Å². The van der Waals surface area contributed by atoms with Crippen molar-refractivity contribution in [2.24, 2.45) is 0 Å². The molecule has 0 saturated heterocycles. The van der Waals surface area contributed by atoms with Gasteiger partial charge in [0.05, 0.1) is 25.3 Å². The molecule has 1 amide bonds. The Morgan fingerprint density at radius 3 is 2.41 bits per heavy atom. The zero-order chi connectivity index (χ0) is 27.9. The molecule has 0 unspecified atom stereocenters. The molecule has 4 rings (SSSR count). The van der Waals surface area contributed by atoms with Gasteiger partial charge in [-0.25, -0.2) is 0 Å². The van der Waals surface area contributed by atoms with E-state index in [9.17, 15) is 14.7 Å². The van der Waals surface area contributed by atoms with E-state index in [-0.39, 0.29) is 35.4 Å². The summed E-state index contributed by atoms with van der Waals surface area (Å²) in [4.78, 5) is 28.6. The lowest BCUT2D eigenvalue weighted by atomic mass is 9.96. The van der Waals surface area contributed by atoms with Crippen LogP contribution in [0.5, 0.6) is 17.2 Å². The smallest absolute Gasteiger partial charge is 0.264 e. The van der Waals surface area contributed by atoms with Gasteiger partial charge in [-0.1, -0.05) is 43.7 Å². The molecule has 2 aromatic carbocycles. The summed E-state index contributed by atoms with van der Waals surface area (Å²) < 4.78 is 16.8. The van der Waals surface area contributed by atoms with Gasteiger partial charge >= 0.3 is 0 Å². The summed E-state index contributed by atoms with van der Waals surface area (Å²) in [7, 11) is 3.03. The van der Waals surface area contributed by atoms with Crippen LogP contribution in [0.3, 0.4) is 0 Å². The number of nitrogens with one attached hydrogen (secondary N) is 2. The number of aromatic nitrogens is 3. The maximum atomic E-state index is 13.2. The topological polar surface area (TPSA) is 140 Å². The molecule has 0 bridgehead atoms. The number of H-pyrrole nitrogens is 1. The summed E-state index contributed by atoms with van der Waals surface area (Å²) >= 11 is 0. The van der Waals surface area contributed by atoms with Gasteiger partial charge in [-0.15, -0.1) is 10.2 Å². The normalized spacial score (nSPS) is 10.9. The third kappa shape index (κ3) is 5.95. The van der Waals surface area contributed by atoms with Crippen molar-refractivity contribution in [1.29, 1.82) is 0 Å². The van der Waals surface area contributed by atoms with Crippen LogP contribution in [0.15, 0.2) is 51.7 Å². The number of aromatic hydroxyl groups is 1. The highest BCUT2D eigenvalue weighted by Crippen LogP contribution is 2.46. The number of amides is 1. The molecule has 2 aromatic heterocycles. The molecule has 2 heterocycles. The number of ether oxygens (including phenoxy) is 2. The largest absolute Gasteiger partial charge is 0.506 e. The average Bonchev–Trinajstić information content (AvgIpc) is 3.38. The summed E-state index contributed by atoms with van der Waals surface area (Å²) in [6, 6.07) is 13.0. The van der Waals surface area contributed by atoms with Crippen LogP contribution < -0.4 is 20.3 Å². The second kappa shape index (κ2) is 12.3. The van der Waals surface area contributed by atoms with Gasteiger partial charge in [0.2, 0.25) is 11.8 Å². The molecule has 4 aromatic rings. The molecule has 39 heavy (non-hydrogen) atoms. The third-order valence-corrected chi connectivity index (χ3v) is 6.45. The number of pyridine rings is 1. The zero-order valence-corrected chi connectivity index (χ0v) is 22.5. The highest BCUT2D eigenvalue weighted by atomic mass is 16.5. The van der Waals surface area contributed by atoms with Crippen LogP contribution >= 0.6 is 0 Å². The SMILES string of the molecule is CCCCc1[nH]c(=O)c(-c2nnc(CC(=O)NCc3ccccc3C)o2)c(O)c1-c1c(OC)cccc1OC. The van der Waals surface area contributed by atoms with Crippen LogP contribution in [0.25, 0.3) is 22.6 Å². The number of carbonyl (C=O) groups is 1. The molecule has 0 spiro atoms. The Morgan fingerprint density at radius 2 is 1.74 bits per heavy atom. The Bertz CT molecular complexity index is 1500. The van der Waals surface area contributed by atoms with Crippen molar-refractivity contribution < 1.29 is 23.8 Å². The predicted molar refractivity (Wildman–Crippen MR) is 146 cm³/mol. The second-order valence-corrected chi connectivity index (χ2v) is 9.05. The van der Waals surface area contributed by atoms with E-state index in [0.29, 0.717) is 41.3 Å². The van der Waals surface area contributed by atoms with E-state index in [1.54, 1.807) is 18.2 Å². The first-order valence-corrected chi connectivity index (χ1v) is 12.7. The first-order valence-electron chi connectivity index (χ1n) is 12.7. The number of carbonyl (C=O) groups excluding carboxylic acids is 1. The van der Waals surface area contributed by atoms with Gasteiger partial charge in [0.1, 0.15) is 29.2 Å². The van der Waals surface area contributed by atoms with Crippen molar-refractivity contribution in [3.8, 4) is 39.8 Å². The van der Waals surface area contributed by atoms with Gasteiger partial charge in [0, 0.05) is 12.2 Å². The highest BCUT2D eigenvalue weighted by molar-refractivity contribution is 5.87. The van der Waals surface area contributed by atoms with Gasteiger partial charge in [-0.3, -0.25) is 9.59 Å². The van der Waals surface area contributed by atoms with Crippen LogP contribution in [0.4, 0.5) is 0 Å². The first kappa shape index (κ1) is 27.4. The van der Waals surface area contributed by atoms with Crippen LogP contribution in [-0.4, -0.2) is 40.4 Å². The molecule has 0 radical (unpaired) electrons. The lowest BCUT2D eigenvalue weighted by molar-refractivity contribution is -0.120. The number of benzene rings is 2. The minimum atomic E-state index is -0.588. The Kier molecular flexibility index (Phi) is 8.65. The molecule has 0 fully saturated rings. The van der Waals surface area contributed by atoms with Crippen LogP contribution in [0.2, 0.25) is 0 Å². The predicted octanol–water partition coefficient (Wildman–Crippen LogP) is 4.32. The molecule has 0 aliphatic carbocycles. The summed E-state index contributed by atoms with van der Waals surface area (Å²) in [5.74, 6) is 0.0619. The minimum Gasteiger partial charge on any atom is -0.506 e. The number of unbranched alkanes of at least 4 members (excludes halogenated alkanes) is 1. The third-order valence-electron chi connectivity index (χ3n) is 6.45. The summed E-state index contributed by atoms with van der Waals surface area (Å²) in [6.45, 7) is 4.36. The molecule has 0 aliphatic rings. The van der Waals surface area contributed by atoms with Crippen LogP contribution in [-0.2, 0) is 24.2 Å². The zero-order valence-electron chi connectivity index (χ0n) is 22.5. The van der Waals surface area contributed by atoms with Gasteiger partial charge < -0.3 is 29.3 Å². The molecule has 0 aliphatic heterocycles. The Labute approximate surface area is 226 Å². The first-order chi connectivity index (χ1) is 18.9. The lowest BCUT2D eigenvalue weighted by Gasteiger charge is -2.18. The Balaban J connectivity index is 1.69. The molecule has 10 nitrogen and oxygen atoms in total. The number of methoxy groups -OCH3 is 2. The van der Waals surface area contributed by atoms with Crippen molar-refractivity contribution in [1.82, 2.24) is 20.5 Å². The maximum Gasteiger partial charge on any atom is 0.264 e. The molecule has 0 atom stereocenters. The molecule has 0 saturated carbocycles. The monoisotopic (exact) mass is 532 g/mol. The standard InChI is InChI=1S/C29H32N4O6/c1-5-6-12-19-24(25-20(37-3)13-9-14-21(25)38-4)27(35)26(28(36)31-19)29-33-32-23(39-29)15-22(34)30-16-18-11-8-7-10-17(18)2/h7-11,13-14H,5-6,12,15-16H2,1-4H3,(H,30,34)(H2,31,35,36). The quantitative estimate of drug-likeness (QED) is 0.259. The summed E-state index contributed by atoms with van der Waals surface area (Å²) in [6.07, 6.45) is 1.99. The van der Waals surface area contributed by atoms with Crippen LogP contribution in [0, 0.1) is 6.92 Å². The van der Waals surface area contributed by atoms with Gasteiger partial charge in [0.25, 0.3) is 11.4 Å². The number of hydrogen-bond donors (Lipinski definition) is 3. The number of aryl methyl sites for hydroxylation is 2.